The molecular weight excluding hydrogens is 241 g/mol. The molecule has 3 nitrogen and oxygen atoms in total. The molecule has 1 heterocycles. The molecule has 0 saturated carbocycles. The molecule has 0 radical (unpaired) electrons. The summed E-state index contributed by atoms with van der Waals surface area (Å²) >= 11 is 0. The fraction of sp³-hybridized carbons (Fsp3) is 0.667. The van der Waals surface area contributed by atoms with Gasteiger partial charge in [0.05, 0.1) is 6.20 Å². The van der Waals surface area contributed by atoms with Crippen molar-refractivity contribution in [2.24, 2.45) is 0 Å². The Balaban J connectivity index is 2.69. The summed E-state index contributed by atoms with van der Waals surface area (Å²) in [5.74, 6) is -0.212. The molecule has 1 N–H and O–H groups in total. The Hall–Kier alpha value is -1.00. The molecule has 1 rings (SSSR count). The summed E-state index contributed by atoms with van der Waals surface area (Å²) in [6, 6.07) is 1.86. The van der Waals surface area contributed by atoms with E-state index in [0.29, 0.717) is 0 Å². The van der Waals surface area contributed by atoms with Crippen molar-refractivity contribution in [1.82, 2.24) is 15.2 Å². The van der Waals surface area contributed by atoms with Crippen molar-refractivity contribution in [1.29, 1.82) is 0 Å². The first-order valence-corrected chi connectivity index (χ1v) is 7.28. The minimum atomic E-state index is -0.212. The number of aromatic nitrogens is 1. The zero-order chi connectivity index (χ0) is 14.1. The van der Waals surface area contributed by atoms with Gasteiger partial charge in [0.1, 0.15) is 5.82 Å². The number of hydrogen-bond donors (Lipinski definition) is 1. The van der Waals surface area contributed by atoms with E-state index < -0.39 is 0 Å². The first-order chi connectivity index (χ1) is 9.22. The molecule has 1 aromatic heterocycles. The van der Waals surface area contributed by atoms with Gasteiger partial charge in [-0.05, 0) is 45.1 Å². The predicted molar refractivity (Wildman–Crippen MR) is 77.6 cm³/mol. The fourth-order valence-corrected chi connectivity index (χ4v) is 2.21. The second-order valence-corrected chi connectivity index (χ2v) is 4.72. The van der Waals surface area contributed by atoms with Crippen LogP contribution < -0.4 is 5.32 Å². The molecule has 0 spiro atoms. The summed E-state index contributed by atoms with van der Waals surface area (Å²) < 4.78 is 13.8. The van der Waals surface area contributed by atoms with Crippen molar-refractivity contribution >= 4 is 0 Å². The number of nitrogens with one attached hydrogen (secondary N) is 1. The van der Waals surface area contributed by atoms with Gasteiger partial charge in [-0.1, -0.05) is 20.8 Å². The first kappa shape index (κ1) is 16.1. The van der Waals surface area contributed by atoms with E-state index in [-0.39, 0.29) is 11.9 Å². The van der Waals surface area contributed by atoms with Gasteiger partial charge in [-0.25, -0.2) is 4.39 Å². The van der Waals surface area contributed by atoms with Crippen LogP contribution in [0.2, 0.25) is 0 Å². The third kappa shape index (κ3) is 5.25. The molecule has 108 valence electrons. The topological polar surface area (TPSA) is 28.2 Å². The van der Waals surface area contributed by atoms with Gasteiger partial charge in [-0.2, -0.15) is 0 Å². The highest BCUT2D eigenvalue weighted by molar-refractivity contribution is 5.17. The second-order valence-electron chi connectivity index (χ2n) is 4.72. The van der Waals surface area contributed by atoms with Crippen LogP contribution >= 0.6 is 0 Å². The fourth-order valence-electron chi connectivity index (χ4n) is 2.21. The number of rotatable bonds is 9. The number of hydrogen-bond acceptors (Lipinski definition) is 3. The quantitative estimate of drug-likeness (QED) is 0.745. The third-order valence-electron chi connectivity index (χ3n) is 3.45. The number of pyridine rings is 1. The highest BCUT2D eigenvalue weighted by atomic mass is 19.1. The first-order valence-electron chi connectivity index (χ1n) is 7.28. The molecule has 0 amide bonds. The SMILES string of the molecule is CCCNC(CCN(CC)CC)c1ccncc1F. The normalized spacial score (nSPS) is 12.9. The van der Waals surface area contributed by atoms with E-state index in [1.54, 1.807) is 12.3 Å². The van der Waals surface area contributed by atoms with Crippen LogP contribution in [0, 0.1) is 5.82 Å². The molecule has 0 aliphatic carbocycles. The molecule has 0 saturated heterocycles. The molecule has 0 aliphatic heterocycles. The Bertz CT molecular complexity index is 353. The maximum absolute atomic E-state index is 13.8. The molecule has 1 atom stereocenters. The van der Waals surface area contributed by atoms with E-state index in [2.05, 4.69) is 36.0 Å². The van der Waals surface area contributed by atoms with Gasteiger partial charge in [0.15, 0.2) is 0 Å². The van der Waals surface area contributed by atoms with Crippen molar-refractivity contribution < 1.29 is 4.39 Å². The minimum Gasteiger partial charge on any atom is -0.310 e. The van der Waals surface area contributed by atoms with Crippen LogP contribution in [-0.4, -0.2) is 36.1 Å². The Morgan fingerprint density at radius 1 is 1.32 bits per heavy atom. The van der Waals surface area contributed by atoms with Gasteiger partial charge in [0.25, 0.3) is 0 Å². The van der Waals surface area contributed by atoms with Crippen molar-refractivity contribution in [2.45, 2.75) is 39.7 Å². The summed E-state index contributed by atoms with van der Waals surface area (Å²) in [6.07, 6.45) is 4.93. The summed E-state index contributed by atoms with van der Waals surface area (Å²) in [5, 5.41) is 3.44. The molecule has 1 unspecified atom stereocenters. The van der Waals surface area contributed by atoms with E-state index in [0.717, 1.165) is 44.6 Å². The molecule has 0 aromatic carbocycles. The Kier molecular flexibility index (Phi) is 7.60. The van der Waals surface area contributed by atoms with Gasteiger partial charge in [-0.15, -0.1) is 0 Å². The van der Waals surface area contributed by atoms with Crippen LogP contribution in [0.25, 0.3) is 0 Å². The Morgan fingerprint density at radius 2 is 2.05 bits per heavy atom. The Morgan fingerprint density at radius 3 is 2.63 bits per heavy atom. The zero-order valence-corrected chi connectivity index (χ0v) is 12.3. The van der Waals surface area contributed by atoms with Crippen molar-refractivity contribution in [3.63, 3.8) is 0 Å². The van der Waals surface area contributed by atoms with Crippen molar-refractivity contribution in [2.75, 3.05) is 26.2 Å². The summed E-state index contributed by atoms with van der Waals surface area (Å²) in [6.45, 7) is 10.4. The second kappa shape index (κ2) is 8.99. The molecule has 0 fully saturated rings. The van der Waals surface area contributed by atoms with Gasteiger partial charge in [-0.3, -0.25) is 4.98 Å². The number of nitrogens with zero attached hydrogens (tertiary/aromatic N) is 2. The van der Waals surface area contributed by atoms with Gasteiger partial charge in [0.2, 0.25) is 0 Å². The molecule has 0 aliphatic rings. The number of halogens is 1. The average molecular weight is 267 g/mol. The molecular formula is C15H26FN3. The van der Waals surface area contributed by atoms with E-state index in [1.165, 1.54) is 6.20 Å². The van der Waals surface area contributed by atoms with E-state index in [9.17, 15) is 4.39 Å². The summed E-state index contributed by atoms with van der Waals surface area (Å²) in [4.78, 5) is 6.18. The highest BCUT2D eigenvalue weighted by Gasteiger charge is 2.15. The van der Waals surface area contributed by atoms with Gasteiger partial charge in [0, 0.05) is 17.8 Å². The third-order valence-corrected chi connectivity index (χ3v) is 3.45. The lowest BCUT2D eigenvalue weighted by atomic mass is 10.0. The average Bonchev–Trinajstić information content (AvgIpc) is 2.44. The lowest BCUT2D eigenvalue weighted by Crippen LogP contribution is -2.30. The molecule has 19 heavy (non-hydrogen) atoms. The predicted octanol–water partition coefficient (Wildman–Crippen LogP) is 2.99. The lowest BCUT2D eigenvalue weighted by molar-refractivity contribution is 0.280. The van der Waals surface area contributed by atoms with E-state index >= 15 is 0 Å². The van der Waals surface area contributed by atoms with Crippen LogP contribution in [0.4, 0.5) is 4.39 Å². The van der Waals surface area contributed by atoms with E-state index in [4.69, 9.17) is 0 Å². The maximum Gasteiger partial charge on any atom is 0.146 e. The van der Waals surface area contributed by atoms with Crippen LogP contribution in [0.5, 0.6) is 0 Å². The molecule has 1 aromatic rings. The maximum atomic E-state index is 13.8. The Labute approximate surface area is 116 Å². The van der Waals surface area contributed by atoms with E-state index in [1.807, 2.05) is 0 Å². The van der Waals surface area contributed by atoms with Crippen LogP contribution in [0.3, 0.4) is 0 Å². The van der Waals surface area contributed by atoms with Gasteiger partial charge >= 0.3 is 0 Å². The molecule has 0 bridgehead atoms. The van der Waals surface area contributed by atoms with Gasteiger partial charge < -0.3 is 10.2 Å². The summed E-state index contributed by atoms with van der Waals surface area (Å²) in [5.41, 5.74) is 0.732. The van der Waals surface area contributed by atoms with Crippen LogP contribution in [-0.2, 0) is 0 Å². The van der Waals surface area contributed by atoms with Crippen LogP contribution in [0.1, 0.15) is 45.2 Å². The van der Waals surface area contributed by atoms with Crippen molar-refractivity contribution in [3.05, 3.63) is 29.8 Å². The zero-order valence-electron chi connectivity index (χ0n) is 12.3. The summed E-state index contributed by atoms with van der Waals surface area (Å²) in [7, 11) is 0. The highest BCUT2D eigenvalue weighted by Crippen LogP contribution is 2.19. The lowest BCUT2D eigenvalue weighted by Gasteiger charge is -2.24. The standard InChI is InChI=1S/C15H26FN3/c1-4-9-18-15(8-11-19(5-2)6-3)13-7-10-17-12-14(13)16/h7,10,12,15,18H,4-6,8-9,11H2,1-3H3. The monoisotopic (exact) mass is 267 g/mol. The van der Waals surface area contributed by atoms with Crippen LogP contribution in [0.15, 0.2) is 18.5 Å². The minimum absolute atomic E-state index is 0.0727. The largest absolute Gasteiger partial charge is 0.310 e. The molecule has 4 heteroatoms. The smallest absolute Gasteiger partial charge is 0.146 e. The van der Waals surface area contributed by atoms with Crippen molar-refractivity contribution in [3.8, 4) is 0 Å².